The Labute approximate surface area is 113 Å². The van der Waals surface area contributed by atoms with E-state index in [0.717, 1.165) is 17.1 Å². The monoisotopic (exact) mass is 258 g/mol. The van der Waals surface area contributed by atoms with Gasteiger partial charge in [-0.15, -0.1) is 0 Å². The zero-order chi connectivity index (χ0) is 14.0. The molecule has 2 aromatic rings. The van der Waals surface area contributed by atoms with E-state index in [4.69, 9.17) is 10.5 Å². The van der Waals surface area contributed by atoms with E-state index in [2.05, 4.69) is 9.97 Å². The molecule has 0 aliphatic heterocycles. The molecule has 1 heterocycles. The van der Waals surface area contributed by atoms with Crippen molar-refractivity contribution >= 4 is 11.4 Å². The first-order chi connectivity index (χ1) is 8.97. The molecule has 0 aliphatic rings. The van der Waals surface area contributed by atoms with Crippen LogP contribution in [0.1, 0.15) is 11.4 Å². The molecular weight excluding hydrogens is 240 g/mol. The molecule has 2 rings (SSSR count). The largest absolute Gasteiger partial charge is 0.435 e. The predicted octanol–water partition coefficient (Wildman–Crippen LogP) is 2.53. The minimum absolute atomic E-state index is 0.489. The lowest BCUT2D eigenvalue weighted by Crippen LogP contribution is -2.09. The van der Waals surface area contributed by atoms with Crippen molar-refractivity contribution < 1.29 is 4.74 Å². The van der Waals surface area contributed by atoms with E-state index in [-0.39, 0.29) is 0 Å². The number of hydrogen-bond donors (Lipinski definition) is 1. The van der Waals surface area contributed by atoms with E-state index >= 15 is 0 Å². The molecule has 0 saturated heterocycles. The lowest BCUT2D eigenvalue weighted by molar-refractivity contribution is 0.456. The van der Waals surface area contributed by atoms with Crippen molar-refractivity contribution in [2.24, 2.45) is 0 Å². The first-order valence-corrected chi connectivity index (χ1v) is 6.02. The molecule has 19 heavy (non-hydrogen) atoms. The van der Waals surface area contributed by atoms with E-state index in [1.807, 2.05) is 51.0 Å². The van der Waals surface area contributed by atoms with Gasteiger partial charge in [-0.2, -0.15) is 0 Å². The number of benzene rings is 1. The van der Waals surface area contributed by atoms with Crippen LogP contribution in [-0.2, 0) is 0 Å². The minimum Gasteiger partial charge on any atom is -0.435 e. The Morgan fingerprint density at radius 1 is 1.21 bits per heavy atom. The summed E-state index contributed by atoms with van der Waals surface area (Å²) < 4.78 is 5.79. The summed E-state index contributed by atoms with van der Waals surface area (Å²) in [5.41, 5.74) is 9.07. The zero-order valence-electron chi connectivity index (χ0n) is 11.6. The fraction of sp³-hybridized carbons (Fsp3) is 0.286. The highest BCUT2D eigenvalue weighted by Crippen LogP contribution is 2.31. The normalized spacial score (nSPS) is 10.3. The summed E-state index contributed by atoms with van der Waals surface area (Å²) in [7, 11) is 3.93. The molecule has 0 unspecified atom stereocenters. The van der Waals surface area contributed by atoms with Crippen LogP contribution in [0, 0.1) is 13.8 Å². The maximum Gasteiger partial charge on any atom is 0.241 e. The van der Waals surface area contributed by atoms with Gasteiger partial charge in [0.15, 0.2) is 5.75 Å². The third kappa shape index (κ3) is 2.93. The molecule has 2 N–H and O–H groups in total. The van der Waals surface area contributed by atoms with E-state index in [9.17, 15) is 0 Å². The summed E-state index contributed by atoms with van der Waals surface area (Å²) in [5.74, 6) is 1.08. The van der Waals surface area contributed by atoms with E-state index in [0.29, 0.717) is 17.3 Å². The van der Waals surface area contributed by atoms with Gasteiger partial charge >= 0.3 is 0 Å². The average Bonchev–Trinajstić information content (AvgIpc) is 2.36. The number of hydrogen-bond acceptors (Lipinski definition) is 5. The number of nitrogen functional groups attached to an aromatic ring is 1. The average molecular weight is 258 g/mol. The Morgan fingerprint density at radius 3 is 2.63 bits per heavy atom. The van der Waals surface area contributed by atoms with Gasteiger partial charge in [-0.05, 0) is 26.0 Å². The van der Waals surface area contributed by atoms with Crippen LogP contribution in [0.25, 0.3) is 0 Å². The molecule has 0 saturated carbocycles. The van der Waals surface area contributed by atoms with Gasteiger partial charge in [-0.3, -0.25) is 4.98 Å². The van der Waals surface area contributed by atoms with Crippen molar-refractivity contribution in [2.45, 2.75) is 13.8 Å². The topological polar surface area (TPSA) is 64.3 Å². The van der Waals surface area contributed by atoms with Gasteiger partial charge in [0.2, 0.25) is 5.88 Å². The molecule has 1 aromatic heterocycles. The van der Waals surface area contributed by atoms with Crippen molar-refractivity contribution in [2.75, 3.05) is 24.7 Å². The molecule has 0 radical (unpaired) electrons. The molecule has 5 heteroatoms. The molecule has 0 amide bonds. The Hall–Kier alpha value is -2.30. The molecule has 0 bridgehead atoms. The highest BCUT2D eigenvalue weighted by molar-refractivity contribution is 5.62. The van der Waals surface area contributed by atoms with Gasteiger partial charge in [-0.25, -0.2) is 4.98 Å². The smallest absolute Gasteiger partial charge is 0.241 e. The summed E-state index contributed by atoms with van der Waals surface area (Å²) in [6.07, 6.45) is 1.71. The Balaban J connectivity index is 2.37. The molecule has 5 nitrogen and oxygen atoms in total. The van der Waals surface area contributed by atoms with Crippen LogP contribution in [0.3, 0.4) is 0 Å². The SMILES string of the molecule is Cc1cnc(C)c(Oc2cc(N(C)C)ccc2N)n1. The maximum absolute atomic E-state index is 5.93. The lowest BCUT2D eigenvalue weighted by Gasteiger charge is -2.15. The minimum atomic E-state index is 0.489. The van der Waals surface area contributed by atoms with Crippen LogP contribution in [0.15, 0.2) is 24.4 Å². The van der Waals surface area contributed by atoms with Crippen LogP contribution in [0.5, 0.6) is 11.6 Å². The van der Waals surface area contributed by atoms with Crippen LogP contribution in [0.2, 0.25) is 0 Å². The van der Waals surface area contributed by atoms with Gasteiger partial charge in [-0.1, -0.05) is 0 Å². The number of ether oxygens (including phenoxy) is 1. The van der Waals surface area contributed by atoms with Crippen molar-refractivity contribution in [3.8, 4) is 11.6 Å². The van der Waals surface area contributed by atoms with Gasteiger partial charge in [0.1, 0.15) is 0 Å². The Kier molecular flexibility index (Phi) is 3.55. The number of anilines is 2. The number of rotatable bonds is 3. The lowest BCUT2D eigenvalue weighted by atomic mass is 10.2. The third-order valence-corrected chi connectivity index (χ3v) is 2.75. The molecule has 0 atom stereocenters. The highest BCUT2D eigenvalue weighted by Gasteiger charge is 2.09. The van der Waals surface area contributed by atoms with Gasteiger partial charge in [0.25, 0.3) is 0 Å². The van der Waals surface area contributed by atoms with E-state index in [1.54, 1.807) is 6.20 Å². The second-order valence-corrected chi connectivity index (χ2v) is 4.62. The van der Waals surface area contributed by atoms with Crippen molar-refractivity contribution in [1.29, 1.82) is 0 Å². The van der Waals surface area contributed by atoms with Crippen LogP contribution >= 0.6 is 0 Å². The first-order valence-electron chi connectivity index (χ1n) is 6.02. The predicted molar refractivity (Wildman–Crippen MR) is 76.8 cm³/mol. The van der Waals surface area contributed by atoms with Crippen LogP contribution in [-0.4, -0.2) is 24.1 Å². The van der Waals surface area contributed by atoms with Crippen LogP contribution < -0.4 is 15.4 Å². The second kappa shape index (κ2) is 5.14. The summed E-state index contributed by atoms with van der Waals surface area (Å²) >= 11 is 0. The fourth-order valence-electron chi connectivity index (χ4n) is 1.61. The Morgan fingerprint density at radius 2 is 1.95 bits per heavy atom. The molecule has 0 aliphatic carbocycles. The van der Waals surface area contributed by atoms with Crippen molar-refractivity contribution in [1.82, 2.24) is 9.97 Å². The number of aromatic nitrogens is 2. The van der Waals surface area contributed by atoms with Crippen molar-refractivity contribution in [3.05, 3.63) is 35.8 Å². The van der Waals surface area contributed by atoms with Gasteiger partial charge in [0.05, 0.1) is 17.1 Å². The molecule has 0 fully saturated rings. The van der Waals surface area contributed by atoms with E-state index in [1.165, 1.54) is 0 Å². The number of aryl methyl sites for hydroxylation is 2. The van der Waals surface area contributed by atoms with Crippen LogP contribution in [0.4, 0.5) is 11.4 Å². The molecular formula is C14H18N4O. The molecule has 1 aromatic carbocycles. The summed E-state index contributed by atoms with van der Waals surface area (Å²) in [6.45, 7) is 3.73. The standard InChI is InChI=1S/C14H18N4O/c1-9-8-16-10(2)14(17-9)19-13-7-11(18(3)4)5-6-12(13)15/h5-8H,15H2,1-4H3. The molecule has 0 spiro atoms. The van der Waals surface area contributed by atoms with Gasteiger partial charge < -0.3 is 15.4 Å². The quantitative estimate of drug-likeness (QED) is 0.857. The Bertz CT molecular complexity index is 596. The first kappa shape index (κ1) is 13.1. The highest BCUT2D eigenvalue weighted by atomic mass is 16.5. The fourth-order valence-corrected chi connectivity index (χ4v) is 1.61. The summed E-state index contributed by atoms with van der Waals surface area (Å²) in [6, 6.07) is 5.65. The third-order valence-electron chi connectivity index (χ3n) is 2.75. The maximum atomic E-state index is 5.93. The zero-order valence-corrected chi connectivity index (χ0v) is 11.6. The van der Waals surface area contributed by atoms with Gasteiger partial charge in [0, 0.05) is 32.0 Å². The number of nitrogens with two attached hydrogens (primary N) is 1. The second-order valence-electron chi connectivity index (χ2n) is 4.62. The summed E-state index contributed by atoms with van der Waals surface area (Å²) in [4.78, 5) is 10.5. The van der Waals surface area contributed by atoms with Crippen molar-refractivity contribution in [3.63, 3.8) is 0 Å². The molecule has 100 valence electrons. The van der Waals surface area contributed by atoms with E-state index < -0.39 is 0 Å². The summed E-state index contributed by atoms with van der Waals surface area (Å²) in [5, 5.41) is 0. The number of nitrogens with zero attached hydrogens (tertiary/aromatic N) is 3.